The van der Waals surface area contributed by atoms with Crippen LogP contribution in [-0.2, 0) is 32.7 Å². The third kappa shape index (κ3) is 34.8. The van der Waals surface area contributed by atoms with E-state index in [-0.39, 0.29) is 12.8 Å². The van der Waals surface area contributed by atoms with E-state index in [0.717, 1.165) is 57.8 Å². The van der Waals surface area contributed by atoms with Crippen LogP contribution >= 0.6 is 7.82 Å². The lowest BCUT2D eigenvalue weighted by Crippen LogP contribution is -2.43. The van der Waals surface area contributed by atoms with Gasteiger partial charge in [0.2, 0.25) is 5.91 Å². The lowest BCUT2D eigenvalue weighted by molar-refractivity contribution is -0.147. The number of aliphatic hydroxyl groups is 1. The van der Waals surface area contributed by atoms with Crippen LogP contribution in [0.2, 0.25) is 0 Å². The largest absolute Gasteiger partial charge is 0.480 e. The van der Waals surface area contributed by atoms with E-state index in [1.807, 2.05) is 0 Å². The van der Waals surface area contributed by atoms with Gasteiger partial charge >= 0.3 is 19.8 Å². The molecule has 0 radical (unpaired) electrons. The zero-order valence-electron chi connectivity index (χ0n) is 31.9. The number of unbranched alkanes of at least 4 members (excludes halogenated alkanes) is 19. The summed E-state index contributed by atoms with van der Waals surface area (Å²) in [5.74, 6) is -2.38. The normalized spacial score (nSPS) is 14.1. The number of esters is 1. The second kappa shape index (κ2) is 35.0. The molecule has 0 saturated carbocycles. The number of carboxylic acids is 1. The fourth-order valence-corrected chi connectivity index (χ4v) is 6.12. The number of nitrogens with one attached hydrogen (secondary N) is 1. The van der Waals surface area contributed by atoms with Gasteiger partial charge in [-0.1, -0.05) is 141 Å². The zero-order valence-corrected chi connectivity index (χ0v) is 32.8. The highest BCUT2D eigenvalue weighted by Gasteiger charge is 2.28. The molecular weight excluding hydrogens is 673 g/mol. The first kappa shape index (κ1) is 49.0. The van der Waals surface area contributed by atoms with Crippen molar-refractivity contribution in [3.05, 3.63) is 24.3 Å². The van der Waals surface area contributed by atoms with Crippen LogP contribution < -0.4 is 5.32 Å². The van der Waals surface area contributed by atoms with E-state index in [1.54, 1.807) is 0 Å². The fraction of sp³-hybridized carbons (Fsp3) is 0.821. The molecule has 51 heavy (non-hydrogen) atoms. The van der Waals surface area contributed by atoms with Gasteiger partial charge in [-0.05, 0) is 44.9 Å². The Labute approximate surface area is 309 Å². The molecule has 298 valence electrons. The molecule has 1 amide bonds. The van der Waals surface area contributed by atoms with E-state index in [2.05, 4.69) is 43.5 Å². The van der Waals surface area contributed by atoms with Crippen LogP contribution in [0.4, 0.5) is 0 Å². The van der Waals surface area contributed by atoms with E-state index in [1.165, 1.54) is 77.0 Å². The minimum absolute atomic E-state index is 0.144. The SMILES string of the molecule is CCCCC/C=C\C/C=C\CCCCCCCCCCCCCC(=O)OCC(O)COP(=O)(O)OCC(NC(=O)CCCCCCCC)C(=O)O. The van der Waals surface area contributed by atoms with E-state index < -0.39 is 57.6 Å². The predicted molar refractivity (Wildman–Crippen MR) is 203 cm³/mol. The highest BCUT2D eigenvalue weighted by atomic mass is 31.2. The Hall–Kier alpha value is -2.04. The molecule has 0 aromatic carbocycles. The van der Waals surface area contributed by atoms with Crippen molar-refractivity contribution in [2.45, 2.75) is 187 Å². The van der Waals surface area contributed by atoms with Crippen LogP contribution in [0, 0.1) is 0 Å². The highest BCUT2D eigenvalue weighted by molar-refractivity contribution is 7.47. The number of aliphatic hydroxyl groups excluding tert-OH is 1. The molecule has 0 aliphatic heterocycles. The van der Waals surface area contributed by atoms with Crippen molar-refractivity contribution in [3.63, 3.8) is 0 Å². The molecule has 0 aromatic rings. The topological polar surface area (TPSA) is 169 Å². The summed E-state index contributed by atoms with van der Waals surface area (Å²) in [5, 5.41) is 21.6. The van der Waals surface area contributed by atoms with Crippen LogP contribution in [0.3, 0.4) is 0 Å². The molecule has 0 aromatic heterocycles. The van der Waals surface area contributed by atoms with Gasteiger partial charge in [0.15, 0.2) is 6.04 Å². The highest BCUT2D eigenvalue weighted by Crippen LogP contribution is 2.43. The number of ether oxygens (including phenoxy) is 1. The van der Waals surface area contributed by atoms with Crippen LogP contribution in [-0.4, -0.2) is 64.9 Å². The van der Waals surface area contributed by atoms with Crippen LogP contribution in [0.1, 0.15) is 174 Å². The van der Waals surface area contributed by atoms with Crippen molar-refractivity contribution in [2.75, 3.05) is 19.8 Å². The lowest BCUT2D eigenvalue weighted by atomic mass is 10.0. The second-order valence-electron chi connectivity index (χ2n) is 13.5. The first-order valence-electron chi connectivity index (χ1n) is 19.9. The van der Waals surface area contributed by atoms with Crippen molar-refractivity contribution >= 4 is 25.7 Å². The minimum Gasteiger partial charge on any atom is -0.480 e. The van der Waals surface area contributed by atoms with Gasteiger partial charge in [-0.2, -0.15) is 0 Å². The summed E-state index contributed by atoms with van der Waals surface area (Å²) in [5.41, 5.74) is 0. The summed E-state index contributed by atoms with van der Waals surface area (Å²) in [4.78, 5) is 45.4. The quantitative estimate of drug-likeness (QED) is 0.0208. The van der Waals surface area contributed by atoms with Crippen LogP contribution in [0.5, 0.6) is 0 Å². The smallest absolute Gasteiger partial charge is 0.472 e. The molecule has 0 aliphatic carbocycles. The van der Waals surface area contributed by atoms with Crippen LogP contribution in [0.25, 0.3) is 0 Å². The Bertz CT molecular complexity index is 974. The summed E-state index contributed by atoms with van der Waals surface area (Å²) < 4.78 is 26.6. The van der Waals surface area contributed by atoms with Gasteiger partial charge in [0, 0.05) is 12.8 Å². The molecule has 0 bridgehead atoms. The number of aliphatic carboxylic acids is 1. The van der Waals surface area contributed by atoms with E-state index in [4.69, 9.17) is 13.8 Å². The van der Waals surface area contributed by atoms with Gasteiger partial charge in [0.1, 0.15) is 12.7 Å². The number of carboxylic acid groups (broad SMARTS) is 1. The minimum atomic E-state index is -4.74. The number of rotatable bonds is 37. The molecule has 3 unspecified atom stereocenters. The average molecular weight is 746 g/mol. The Morgan fingerprint density at radius 2 is 1.08 bits per heavy atom. The summed E-state index contributed by atoms with van der Waals surface area (Å²) in [6.07, 6.45) is 34.0. The summed E-state index contributed by atoms with van der Waals surface area (Å²) in [7, 11) is -4.74. The molecule has 4 N–H and O–H groups in total. The summed E-state index contributed by atoms with van der Waals surface area (Å²) >= 11 is 0. The molecule has 0 fully saturated rings. The van der Waals surface area contributed by atoms with Gasteiger partial charge in [-0.15, -0.1) is 0 Å². The number of amides is 1. The summed E-state index contributed by atoms with van der Waals surface area (Å²) in [6, 6.07) is -1.54. The monoisotopic (exact) mass is 745 g/mol. The molecule has 11 nitrogen and oxygen atoms in total. The molecule has 0 rings (SSSR count). The maximum atomic E-state index is 12.2. The predicted octanol–water partition coefficient (Wildman–Crippen LogP) is 9.50. The molecule has 12 heteroatoms. The van der Waals surface area contributed by atoms with Crippen molar-refractivity contribution in [1.29, 1.82) is 0 Å². The first-order valence-corrected chi connectivity index (χ1v) is 21.4. The van der Waals surface area contributed by atoms with Gasteiger partial charge in [-0.3, -0.25) is 18.6 Å². The third-order valence-corrected chi connectivity index (χ3v) is 9.44. The van der Waals surface area contributed by atoms with Gasteiger partial charge in [-0.25, -0.2) is 9.36 Å². The molecule has 0 heterocycles. The molecule has 3 atom stereocenters. The Balaban J connectivity index is 3.80. The Kier molecular flexibility index (Phi) is 33.6. The van der Waals surface area contributed by atoms with Crippen molar-refractivity contribution in [3.8, 4) is 0 Å². The maximum absolute atomic E-state index is 12.2. The van der Waals surface area contributed by atoms with E-state index in [9.17, 15) is 34.1 Å². The third-order valence-electron chi connectivity index (χ3n) is 8.49. The van der Waals surface area contributed by atoms with Crippen molar-refractivity contribution in [1.82, 2.24) is 5.32 Å². The number of hydrogen-bond donors (Lipinski definition) is 4. The number of carbonyl (C=O) groups is 3. The average Bonchev–Trinajstić information content (AvgIpc) is 3.10. The second-order valence-corrected chi connectivity index (χ2v) is 14.9. The van der Waals surface area contributed by atoms with Gasteiger partial charge in [0.25, 0.3) is 0 Å². The first-order chi connectivity index (χ1) is 24.6. The number of hydrogen-bond acceptors (Lipinski definition) is 8. The number of allylic oxidation sites excluding steroid dienone is 4. The van der Waals surface area contributed by atoms with E-state index >= 15 is 0 Å². The molecular formula is C39H72NO10P. The number of phosphoric acid groups is 1. The lowest BCUT2D eigenvalue weighted by Gasteiger charge is -2.18. The number of phosphoric ester groups is 1. The van der Waals surface area contributed by atoms with Crippen molar-refractivity contribution in [2.24, 2.45) is 0 Å². The molecule has 0 spiro atoms. The summed E-state index contributed by atoms with van der Waals surface area (Å²) in [6.45, 7) is 2.46. The van der Waals surface area contributed by atoms with Crippen LogP contribution in [0.15, 0.2) is 24.3 Å². The van der Waals surface area contributed by atoms with Gasteiger partial charge < -0.3 is 25.2 Å². The number of carbonyl (C=O) groups excluding carboxylic acids is 2. The van der Waals surface area contributed by atoms with Crippen molar-refractivity contribution < 1.29 is 47.8 Å². The maximum Gasteiger partial charge on any atom is 0.472 e. The van der Waals surface area contributed by atoms with E-state index in [0.29, 0.717) is 12.8 Å². The van der Waals surface area contributed by atoms with Gasteiger partial charge in [0.05, 0.1) is 13.2 Å². The Morgan fingerprint density at radius 1 is 0.627 bits per heavy atom. The fourth-order valence-electron chi connectivity index (χ4n) is 5.34. The molecule has 0 saturated heterocycles. The Morgan fingerprint density at radius 3 is 1.63 bits per heavy atom. The zero-order chi connectivity index (χ0) is 37.8. The standard InChI is InChI=1S/C39H72NO10P/c1-3-5-7-9-11-12-13-14-15-16-17-18-19-20-21-22-23-24-25-27-29-31-38(43)48-32-35(41)33-49-51(46,47)50-34-36(39(44)45)40-37(42)30-28-26-10-8-6-4-2/h11-12,14-15,35-36,41H,3-10,13,16-34H2,1-2H3,(H,40,42)(H,44,45)(H,46,47)/b12-11-,15-14-. The molecule has 0 aliphatic rings.